The van der Waals surface area contributed by atoms with Crippen molar-refractivity contribution in [3.63, 3.8) is 0 Å². The Hall–Kier alpha value is -3.34. The third kappa shape index (κ3) is 4.71. The molecule has 2 N–H and O–H groups in total. The van der Waals surface area contributed by atoms with Gasteiger partial charge in [0.1, 0.15) is 11.0 Å². The van der Waals surface area contributed by atoms with Gasteiger partial charge in [-0.1, -0.05) is 6.07 Å². The number of anilines is 2. The number of aromatic amines is 1. The Balaban J connectivity index is 1.11. The van der Waals surface area contributed by atoms with Crippen LogP contribution in [-0.2, 0) is 0 Å². The van der Waals surface area contributed by atoms with E-state index in [-0.39, 0.29) is 5.91 Å². The largest absolute Gasteiger partial charge is 0.339 e. The highest BCUT2D eigenvalue weighted by Gasteiger charge is 2.28. The van der Waals surface area contributed by atoms with Gasteiger partial charge in [0, 0.05) is 56.6 Å². The molecule has 36 heavy (non-hydrogen) atoms. The molecular formula is C26H30N8OS. The number of aromatic nitrogens is 4. The fourth-order valence-corrected chi connectivity index (χ4v) is 5.74. The number of H-pyrrole nitrogens is 1. The molecule has 9 nitrogen and oxygen atoms in total. The second-order valence-corrected chi connectivity index (χ2v) is 10.5. The lowest BCUT2D eigenvalue weighted by Gasteiger charge is -2.42. The number of rotatable bonds is 5. The number of piperidine rings is 1. The van der Waals surface area contributed by atoms with E-state index < -0.39 is 0 Å². The van der Waals surface area contributed by atoms with Crippen molar-refractivity contribution in [2.75, 3.05) is 51.6 Å². The smallest absolute Gasteiger partial charge is 0.253 e. The van der Waals surface area contributed by atoms with Crippen LogP contribution in [-0.4, -0.2) is 93.1 Å². The van der Waals surface area contributed by atoms with Crippen molar-refractivity contribution in [3.05, 3.63) is 53.5 Å². The van der Waals surface area contributed by atoms with E-state index in [0.29, 0.717) is 23.2 Å². The van der Waals surface area contributed by atoms with Crippen LogP contribution in [0.1, 0.15) is 23.2 Å². The molecule has 0 bridgehead atoms. The van der Waals surface area contributed by atoms with E-state index in [4.69, 9.17) is 4.98 Å². The third-order valence-corrected chi connectivity index (χ3v) is 8.11. The molecule has 3 aromatic heterocycles. The van der Waals surface area contributed by atoms with E-state index in [2.05, 4.69) is 37.3 Å². The summed E-state index contributed by atoms with van der Waals surface area (Å²) in [6.07, 6.45) is 3.80. The van der Waals surface area contributed by atoms with E-state index in [1.54, 1.807) is 17.5 Å². The Kier molecular flexibility index (Phi) is 6.39. The second-order valence-electron chi connectivity index (χ2n) is 9.57. The zero-order valence-electron chi connectivity index (χ0n) is 20.4. The van der Waals surface area contributed by atoms with Crippen molar-refractivity contribution in [2.24, 2.45) is 0 Å². The van der Waals surface area contributed by atoms with Crippen molar-refractivity contribution in [3.8, 4) is 10.7 Å². The number of nitrogens with zero attached hydrogens (tertiary/aromatic N) is 6. The summed E-state index contributed by atoms with van der Waals surface area (Å²) in [4.78, 5) is 30.5. The maximum atomic E-state index is 13.2. The van der Waals surface area contributed by atoms with Crippen LogP contribution >= 0.6 is 11.3 Å². The number of carbonyl (C=O) groups excluding carboxylic acids is 1. The molecule has 0 unspecified atom stereocenters. The Labute approximate surface area is 214 Å². The predicted octanol–water partition coefficient (Wildman–Crippen LogP) is 3.68. The minimum Gasteiger partial charge on any atom is -0.339 e. The van der Waals surface area contributed by atoms with Gasteiger partial charge in [-0.2, -0.15) is 5.10 Å². The van der Waals surface area contributed by atoms with Gasteiger partial charge < -0.3 is 15.1 Å². The molecule has 0 spiro atoms. The highest BCUT2D eigenvalue weighted by Crippen LogP contribution is 2.28. The van der Waals surface area contributed by atoms with Crippen LogP contribution in [0.15, 0.2) is 48.0 Å². The van der Waals surface area contributed by atoms with E-state index in [1.165, 1.54) is 0 Å². The number of piperazine rings is 1. The summed E-state index contributed by atoms with van der Waals surface area (Å²) >= 11 is 1.60. The lowest BCUT2D eigenvalue weighted by Crippen LogP contribution is -2.52. The molecule has 1 amide bonds. The van der Waals surface area contributed by atoms with Gasteiger partial charge in [-0.15, -0.1) is 11.3 Å². The van der Waals surface area contributed by atoms with Crippen LogP contribution < -0.4 is 5.32 Å². The average molecular weight is 503 g/mol. The maximum Gasteiger partial charge on any atom is 0.253 e. The summed E-state index contributed by atoms with van der Waals surface area (Å²) in [5, 5.41) is 12.5. The number of hydrogen-bond acceptors (Lipinski definition) is 8. The van der Waals surface area contributed by atoms with Crippen molar-refractivity contribution >= 4 is 39.8 Å². The summed E-state index contributed by atoms with van der Waals surface area (Å²) in [5.74, 6) is 1.43. The zero-order chi connectivity index (χ0) is 24.5. The molecule has 2 aliphatic heterocycles. The summed E-state index contributed by atoms with van der Waals surface area (Å²) in [7, 11) is 2.19. The van der Waals surface area contributed by atoms with Crippen LogP contribution in [0.3, 0.4) is 0 Å². The average Bonchev–Trinajstić information content (AvgIpc) is 3.62. The van der Waals surface area contributed by atoms with Crippen LogP contribution in [0.2, 0.25) is 0 Å². The molecule has 1 aromatic carbocycles. The molecule has 0 saturated carbocycles. The van der Waals surface area contributed by atoms with Gasteiger partial charge in [-0.25, -0.2) is 9.97 Å². The lowest BCUT2D eigenvalue weighted by molar-refractivity contribution is 0.0519. The van der Waals surface area contributed by atoms with Crippen molar-refractivity contribution in [1.29, 1.82) is 0 Å². The molecule has 5 heterocycles. The third-order valence-electron chi connectivity index (χ3n) is 7.24. The first-order valence-electron chi connectivity index (χ1n) is 12.5. The SMILES string of the molecule is CN1CCN(C2CCN(C(=O)c3ccc(Nc4nc(-c5cccs5)nc5cn[nH]c45)cc3)CC2)CC1. The van der Waals surface area contributed by atoms with Crippen molar-refractivity contribution in [2.45, 2.75) is 18.9 Å². The molecule has 0 atom stereocenters. The minimum atomic E-state index is 0.108. The van der Waals surface area contributed by atoms with Gasteiger partial charge in [0.2, 0.25) is 0 Å². The highest BCUT2D eigenvalue weighted by atomic mass is 32.1. The molecule has 2 fully saturated rings. The Morgan fingerprint density at radius 2 is 1.81 bits per heavy atom. The molecule has 6 rings (SSSR count). The van der Waals surface area contributed by atoms with Gasteiger partial charge in [-0.05, 0) is 55.6 Å². The second kappa shape index (κ2) is 9.96. The van der Waals surface area contributed by atoms with E-state index in [1.807, 2.05) is 46.7 Å². The minimum absolute atomic E-state index is 0.108. The highest BCUT2D eigenvalue weighted by molar-refractivity contribution is 7.13. The van der Waals surface area contributed by atoms with E-state index >= 15 is 0 Å². The summed E-state index contributed by atoms with van der Waals surface area (Å²) in [5.41, 5.74) is 3.07. The van der Waals surface area contributed by atoms with E-state index in [0.717, 1.165) is 73.7 Å². The number of likely N-dealkylation sites (N-methyl/N-ethyl adjacent to an activating group) is 1. The Morgan fingerprint density at radius 3 is 2.53 bits per heavy atom. The van der Waals surface area contributed by atoms with Gasteiger partial charge in [0.05, 0.1) is 11.1 Å². The molecule has 2 aliphatic rings. The lowest BCUT2D eigenvalue weighted by atomic mass is 10.0. The number of hydrogen-bond donors (Lipinski definition) is 2. The van der Waals surface area contributed by atoms with Crippen LogP contribution in [0.25, 0.3) is 21.7 Å². The first kappa shape index (κ1) is 23.1. The topological polar surface area (TPSA) is 93.3 Å². The van der Waals surface area contributed by atoms with Crippen LogP contribution in [0.5, 0.6) is 0 Å². The van der Waals surface area contributed by atoms with E-state index in [9.17, 15) is 4.79 Å². The first-order valence-corrected chi connectivity index (χ1v) is 13.4. The summed E-state index contributed by atoms with van der Waals surface area (Å²) < 4.78 is 0. The number of carbonyl (C=O) groups is 1. The fourth-order valence-electron chi connectivity index (χ4n) is 5.08. The molecular weight excluding hydrogens is 472 g/mol. The molecule has 10 heteroatoms. The van der Waals surface area contributed by atoms with Gasteiger partial charge in [-0.3, -0.25) is 14.8 Å². The monoisotopic (exact) mass is 502 g/mol. The molecule has 0 radical (unpaired) electrons. The molecule has 0 aliphatic carbocycles. The normalized spacial score (nSPS) is 18.1. The van der Waals surface area contributed by atoms with Gasteiger partial charge in [0.15, 0.2) is 11.6 Å². The maximum absolute atomic E-state index is 13.2. The van der Waals surface area contributed by atoms with Gasteiger partial charge >= 0.3 is 0 Å². The standard InChI is InChI=1S/C26H30N8OS/c1-32-12-14-33(15-13-32)20-8-10-34(11-9-20)26(35)18-4-6-19(7-5-18)28-25-23-21(17-27-31-23)29-24(30-25)22-3-2-16-36-22/h2-7,16-17,20H,8-15H2,1H3,(H,27,31)(H,28,29,30). The number of fused-ring (bicyclic) bond motifs is 1. The van der Waals surface area contributed by atoms with Crippen LogP contribution in [0, 0.1) is 0 Å². The fraction of sp³-hybridized carbons (Fsp3) is 0.385. The number of amides is 1. The molecule has 186 valence electrons. The molecule has 4 aromatic rings. The first-order chi connectivity index (χ1) is 17.6. The number of likely N-dealkylation sites (tertiary alicyclic amines) is 1. The summed E-state index contributed by atoms with van der Waals surface area (Å²) in [6, 6.07) is 12.2. The summed E-state index contributed by atoms with van der Waals surface area (Å²) in [6.45, 7) is 6.18. The van der Waals surface area contributed by atoms with Crippen LogP contribution in [0.4, 0.5) is 11.5 Å². The number of nitrogens with one attached hydrogen (secondary N) is 2. The quantitative estimate of drug-likeness (QED) is 0.430. The number of benzene rings is 1. The molecule has 2 saturated heterocycles. The van der Waals surface area contributed by atoms with Crippen molar-refractivity contribution < 1.29 is 4.79 Å². The predicted molar refractivity (Wildman–Crippen MR) is 143 cm³/mol. The Morgan fingerprint density at radius 1 is 1.03 bits per heavy atom. The van der Waals surface area contributed by atoms with Gasteiger partial charge in [0.25, 0.3) is 5.91 Å². The Bertz CT molecular complexity index is 1320. The van der Waals surface area contributed by atoms with Crippen molar-refractivity contribution in [1.82, 2.24) is 34.9 Å². The zero-order valence-corrected chi connectivity index (χ0v) is 21.2. The number of thiophene rings is 1.